The van der Waals surface area contributed by atoms with Crippen LogP contribution in [0.5, 0.6) is 0 Å². The van der Waals surface area contributed by atoms with Gasteiger partial charge in [-0.25, -0.2) is 0 Å². The van der Waals surface area contributed by atoms with Gasteiger partial charge < -0.3 is 22.8 Å². The van der Waals surface area contributed by atoms with E-state index in [2.05, 4.69) is 13.8 Å². The predicted octanol–water partition coefficient (Wildman–Crippen LogP) is 7.82. The molecule has 0 aliphatic heterocycles. The average Bonchev–Trinajstić information content (AvgIpc) is 3.02. The van der Waals surface area contributed by atoms with Crippen LogP contribution >= 0.6 is 0 Å². The number of carbonyl (C=O) groups is 2. The van der Waals surface area contributed by atoms with Crippen LogP contribution in [-0.4, -0.2) is 36.4 Å². The number of unbranched alkanes of at least 4 members (excludes halogenated alkanes) is 28. The van der Waals surface area contributed by atoms with E-state index in [0.29, 0.717) is 25.9 Å². The molecule has 0 fully saturated rings. The number of hydrogen-bond donors (Lipinski definition) is 2. The molecule has 0 radical (unpaired) electrons. The molecule has 0 spiro atoms. The van der Waals surface area contributed by atoms with E-state index >= 15 is 0 Å². The number of nitrogens with two attached hydrogens (primary N) is 1. The van der Waals surface area contributed by atoms with E-state index in [1.165, 1.54) is 167 Å². The number of aliphatic hydroxyl groups excluding tert-OH is 1. The topological polar surface area (TPSA) is 71.0 Å². The van der Waals surface area contributed by atoms with Crippen molar-refractivity contribution < 1.29 is 32.4 Å². The second kappa shape index (κ2) is 39.7. The maximum absolute atomic E-state index is 13.0. The van der Waals surface area contributed by atoms with E-state index in [9.17, 15) is 9.59 Å². The van der Waals surface area contributed by atoms with Crippen molar-refractivity contribution in [3.8, 4) is 0 Å². The molecule has 0 unspecified atom stereocenters. The molecule has 0 aromatic carbocycles. The summed E-state index contributed by atoms with van der Waals surface area (Å²) in [4.78, 5) is 25.9. The molecular weight excluding hydrogens is 578 g/mol. The highest BCUT2D eigenvalue weighted by molar-refractivity contribution is 6.02. The van der Waals surface area contributed by atoms with Crippen molar-refractivity contribution in [2.75, 3.05) is 19.7 Å². The van der Waals surface area contributed by atoms with Crippen LogP contribution in [0, 0.1) is 5.92 Å². The summed E-state index contributed by atoms with van der Waals surface area (Å²) in [5.41, 5.74) is 0. The van der Waals surface area contributed by atoms with Crippen LogP contribution in [0.3, 0.4) is 0 Å². The van der Waals surface area contributed by atoms with E-state index in [4.69, 9.17) is 5.11 Å². The Labute approximate surface area is 288 Å². The quantitative estimate of drug-likeness (QED) is 0.0525. The zero-order valence-corrected chi connectivity index (χ0v) is 31.3. The fraction of sp³-hybridized carbons (Fsp3) is 0.950. The lowest BCUT2D eigenvalue weighted by Gasteiger charge is -2.14. The van der Waals surface area contributed by atoms with Gasteiger partial charge in [0.1, 0.15) is 17.5 Å². The van der Waals surface area contributed by atoms with E-state index in [1.807, 2.05) is 5.32 Å². The molecule has 270 valence electrons. The minimum atomic E-state index is -0.472. The van der Waals surface area contributed by atoms with Crippen molar-refractivity contribution in [3.05, 3.63) is 0 Å². The number of carbonyl (C=O) groups excluding carboxylic acids is 2. The van der Waals surface area contributed by atoms with E-state index in [1.54, 1.807) is 0 Å². The maximum atomic E-state index is 13.0. The molecule has 0 saturated heterocycles. The highest BCUT2D eigenvalue weighted by Crippen LogP contribution is 2.17. The van der Waals surface area contributed by atoms with E-state index in [-0.39, 0.29) is 30.6 Å². The summed E-state index contributed by atoms with van der Waals surface area (Å²) in [5.74, 6) is -0.195. The molecule has 0 atom stereocenters. The van der Waals surface area contributed by atoms with Gasteiger partial charge in [-0.2, -0.15) is 0 Å². The first-order valence-corrected chi connectivity index (χ1v) is 20.1. The molecule has 45 heavy (non-hydrogen) atoms. The van der Waals surface area contributed by atoms with Gasteiger partial charge >= 0.3 is 0 Å². The normalized spacial score (nSPS) is 11.3. The van der Waals surface area contributed by atoms with Crippen LogP contribution in [-0.2, 0) is 9.59 Å². The van der Waals surface area contributed by atoms with Crippen molar-refractivity contribution in [3.63, 3.8) is 0 Å². The Hall–Kier alpha value is -0.450. The van der Waals surface area contributed by atoms with E-state index in [0.717, 1.165) is 25.7 Å². The minimum Gasteiger partial charge on any atom is -1.00 e. The molecule has 0 heterocycles. The van der Waals surface area contributed by atoms with Crippen LogP contribution in [0.15, 0.2) is 0 Å². The Morgan fingerprint density at radius 3 is 0.933 bits per heavy atom. The second-order valence-corrected chi connectivity index (χ2v) is 13.9. The monoisotopic (exact) mass is 658 g/mol. The van der Waals surface area contributed by atoms with Gasteiger partial charge in [0.25, 0.3) is 0 Å². The summed E-state index contributed by atoms with van der Waals surface area (Å²) in [6.07, 6.45) is 40.6. The lowest BCUT2D eigenvalue weighted by atomic mass is 9.91. The van der Waals surface area contributed by atoms with Gasteiger partial charge in [0.2, 0.25) is 0 Å². The van der Waals surface area contributed by atoms with Crippen LogP contribution in [0.25, 0.3) is 0 Å². The van der Waals surface area contributed by atoms with E-state index < -0.39 is 5.92 Å². The lowest BCUT2D eigenvalue weighted by molar-refractivity contribution is -0.658. The van der Waals surface area contributed by atoms with Gasteiger partial charge in [-0.15, -0.1) is 0 Å². The number of ketones is 2. The first-order valence-electron chi connectivity index (χ1n) is 20.1. The average molecular weight is 659 g/mol. The Kier molecular flexibility index (Phi) is 41.2. The molecule has 0 bridgehead atoms. The Balaban J connectivity index is 0. The third kappa shape index (κ3) is 34.7. The summed E-state index contributed by atoms with van der Waals surface area (Å²) in [6, 6.07) is 0. The predicted molar refractivity (Wildman–Crippen MR) is 191 cm³/mol. The van der Waals surface area contributed by atoms with Gasteiger partial charge in [-0.05, 0) is 12.8 Å². The summed E-state index contributed by atoms with van der Waals surface area (Å²) in [6.45, 7) is 5.72. The SMILES string of the molecule is CCCCCCCCCCCCCCCCCC(=O)C(C[NH2+]CCO)C(=O)CCCCCCCCCCCCCCCCC.[Cl-]. The van der Waals surface area contributed by atoms with Crippen molar-refractivity contribution in [2.24, 2.45) is 5.92 Å². The molecule has 0 rings (SSSR count). The van der Waals surface area contributed by atoms with Crippen LogP contribution in [0.2, 0.25) is 0 Å². The zero-order valence-electron chi connectivity index (χ0n) is 30.5. The smallest absolute Gasteiger partial charge is 0.149 e. The number of quaternary nitrogens is 1. The minimum absolute atomic E-state index is 0. The highest BCUT2D eigenvalue weighted by Gasteiger charge is 2.26. The van der Waals surface area contributed by atoms with Crippen molar-refractivity contribution in [1.82, 2.24) is 0 Å². The van der Waals surface area contributed by atoms with Crippen LogP contribution in [0.1, 0.15) is 219 Å². The fourth-order valence-corrected chi connectivity index (χ4v) is 6.51. The number of hydrogen-bond acceptors (Lipinski definition) is 3. The largest absolute Gasteiger partial charge is 1.00 e. The third-order valence-corrected chi connectivity index (χ3v) is 9.57. The maximum Gasteiger partial charge on any atom is 0.149 e. The van der Waals surface area contributed by atoms with Crippen LogP contribution < -0.4 is 17.7 Å². The first kappa shape index (κ1) is 46.7. The lowest BCUT2D eigenvalue weighted by Crippen LogP contribution is -3.00. The summed E-state index contributed by atoms with van der Waals surface area (Å²) in [5, 5.41) is 11.1. The molecule has 0 aliphatic carbocycles. The third-order valence-electron chi connectivity index (χ3n) is 9.57. The molecule has 0 aliphatic rings. The molecule has 0 saturated carbocycles. The Morgan fingerprint density at radius 1 is 0.444 bits per heavy atom. The molecule has 4 nitrogen and oxygen atoms in total. The van der Waals surface area contributed by atoms with Crippen LogP contribution in [0.4, 0.5) is 0 Å². The summed E-state index contributed by atoms with van der Waals surface area (Å²) in [7, 11) is 0. The summed E-state index contributed by atoms with van der Waals surface area (Å²) >= 11 is 0. The standard InChI is InChI=1S/C40H79NO3.ClH/c1-3-5-7-9-11-13-15-17-19-21-23-25-27-29-31-33-39(43)38(37-41-35-36-42)40(44)34-32-30-28-26-24-22-20-18-16-14-12-10-8-6-4-2;/h38,41-42H,3-37H2,1-2H3;1H. The number of halogens is 1. The van der Waals surface area contributed by atoms with Gasteiger partial charge in [0.15, 0.2) is 0 Å². The molecule has 0 amide bonds. The molecule has 5 heteroatoms. The molecule has 0 aromatic heterocycles. The van der Waals surface area contributed by atoms with Gasteiger partial charge in [0.05, 0.1) is 19.7 Å². The number of aliphatic hydroxyl groups is 1. The second-order valence-electron chi connectivity index (χ2n) is 13.9. The fourth-order valence-electron chi connectivity index (χ4n) is 6.51. The Morgan fingerprint density at radius 2 is 0.689 bits per heavy atom. The van der Waals surface area contributed by atoms with Crippen molar-refractivity contribution in [1.29, 1.82) is 0 Å². The molecule has 0 aromatic rings. The zero-order chi connectivity index (χ0) is 32.2. The van der Waals surface area contributed by atoms with Gasteiger partial charge in [-0.3, -0.25) is 9.59 Å². The van der Waals surface area contributed by atoms with Crippen molar-refractivity contribution >= 4 is 11.6 Å². The number of Topliss-reactive ketones (excluding diaryl/α,β-unsaturated/α-hetero) is 2. The first-order chi connectivity index (χ1) is 21.7. The van der Waals surface area contributed by atoms with Crippen molar-refractivity contribution in [2.45, 2.75) is 219 Å². The summed E-state index contributed by atoms with van der Waals surface area (Å²) < 4.78 is 0. The van der Waals surface area contributed by atoms with Gasteiger partial charge in [-0.1, -0.05) is 194 Å². The molecular formula is C40H80ClNO3. The van der Waals surface area contributed by atoms with Gasteiger partial charge in [0, 0.05) is 12.8 Å². The molecule has 3 N–H and O–H groups in total. The highest BCUT2D eigenvalue weighted by atomic mass is 35.5. The Bertz CT molecular complexity index is 554. The number of rotatable bonds is 38.